The summed E-state index contributed by atoms with van der Waals surface area (Å²) in [6.07, 6.45) is 0. The van der Waals surface area contributed by atoms with Crippen molar-refractivity contribution in [3.8, 4) is 0 Å². The molecule has 0 aromatic carbocycles. The Bertz CT molecular complexity index is 382. The number of amides is 3. The molecule has 1 heterocycles. The molecule has 3 amide bonds. The fourth-order valence-corrected chi connectivity index (χ4v) is 2.47. The molecule has 0 aromatic rings. The molecule has 1 saturated heterocycles. The minimum Gasteiger partial charge on any atom is -0.255 e. The van der Waals surface area contributed by atoms with Gasteiger partial charge in [0.2, 0.25) is 0 Å². The first-order valence-electron chi connectivity index (χ1n) is 4.18. The maximum absolute atomic E-state index is 11.4. The molecule has 7 nitrogen and oxygen atoms in total. The summed E-state index contributed by atoms with van der Waals surface area (Å²) in [5.41, 5.74) is 0. The lowest BCUT2D eigenvalue weighted by Crippen LogP contribution is -2.43. The zero-order chi connectivity index (χ0) is 11.6. The van der Waals surface area contributed by atoms with Crippen LogP contribution in [0.25, 0.3) is 0 Å². The quantitative estimate of drug-likeness (QED) is 0.565. The van der Waals surface area contributed by atoms with Gasteiger partial charge in [0.25, 0.3) is 0 Å². The topological polar surface area (TPSA) is 86.8 Å². The highest BCUT2D eigenvalue weighted by molar-refractivity contribution is 7.87. The van der Waals surface area contributed by atoms with Crippen LogP contribution < -0.4 is 4.72 Å². The van der Waals surface area contributed by atoms with Crippen LogP contribution in [-0.4, -0.2) is 48.7 Å². The van der Waals surface area contributed by atoms with Gasteiger partial charge in [-0.1, -0.05) is 6.92 Å². The SMILES string of the molecule is CCNS(=O)(=O)N1CCN(C(=O)Cl)C1=O. The lowest BCUT2D eigenvalue weighted by atomic mass is 10.7. The predicted molar refractivity (Wildman–Crippen MR) is 52.7 cm³/mol. The van der Waals surface area contributed by atoms with E-state index in [0.29, 0.717) is 9.21 Å². The van der Waals surface area contributed by atoms with E-state index in [-0.39, 0.29) is 19.6 Å². The standard InChI is InChI=1S/C6H10ClN3O4S/c1-2-8-15(13,14)10-4-3-9(5(7)11)6(10)12/h8H,2-4H2,1H3. The second kappa shape index (κ2) is 4.33. The van der Waals surface area contributed by atoms with E-state index in [4.69, 9.17) is 11.6 Å². The Morgan fingerprint density at radius 1 is 1.53 bits per heavy atom. The Balaban J connectivity index is 2.85. The van der Waals surface area contributed by atoms with Crippen LogP contribution in [0.5, 0.6) is 0 Å². The van der Waals surface area contributed by atoms with Crippen molar-refractivity contribution in [1.29, 1.82) is 0 Å². The summed E-state index contributed by atoms with van der Waals surface area (Å²) >= 11 is 5.10. The van der Waals surface area contributed by atoms with E-state index in [9.17, 15) is 18.0 Å². The molecule has 0 unspecified atom stereocenters. The van der Waals surface area contributed by atoms with E-state index >= 15 is 0 Å². The van der Waals surface area contributed by atoms with Crippen molar-refractivity contribution in [2.45, 2.75) is 6.92 Å². The number of rotatable bonds is 3. The van der Waals surface area contributed by atoms with Crippen LogP contribution in [0.4, 0.5) is 9.59 Å². The van der Waals surface area contributed by atoms with Gasteiger partial charge >= 0.3 is 21.6 Å². The Morgan fingerprint density at radius 2 is 2.13 bits per heavy atom. The molecule has 1 aliphatic heterocycles. The van der Waals surface area contributed by atoms with Gasteiger partial charge < -0.3 is 0 Å². The molecule has 1 rings (SSSR count). The van der Waals surface area contributed by atoms with Gasteiger partial charge in [-0.2, -0.15) is 13.1 Å². The van der Waals surface area contributed by atoms with Crippen LogP contribution in [-0.2, 0) is 10.2 Å². The fourth-order valence-electron chi connectivity index (χ4n) is 1.16. The molecule has 1 N–H and O–H groups in total. The summed E-state index contributed by atoms with van der Waals surface area (Å²) in [6, 6.07) is -0.920. The maximum Gasteiger partial charge on any atom is 0.342 e. The lowest BCUT2D eigenvalue weighted by molar-refractivity contribution is 0.205. The van der Waals surface area contributed by atoms with Crippen molar-refractivity contribution in [1.82, 2.24) is 13.9 Å². The largest absolute Gasteiger partial charge is 0.342 e. The van der Waals surface area contributed by atoms with Crippen molar-refractivity contribution < 1.29 is 18.0 Å². The Morgan fingerprint density at radius 3 is 2.53 bits per heavy atom. The fraction of sp³-hybridized carbons (Fsp3) is 0.667. The van der Waals surface area contributed by atoms with Crippen LogP contribution in [0.15, 0.2) is 0 Å². The second-order valence-corrected chi connectivity index (χ2v) is 4.77. The highest BCUT2D eigenvalue weighted by Crippen LogP contribution is 2.14. The minimum absolute atomic E-state index is 0.0220. The number of carbonyl (C=O) groups is 2. The molecule has 1 aliphatic rings. The van der Waals surface area contributed by atoms with E-state index in [1.807, 2.05) is 0 Å². The average molecular weight is 256 g/mol. The van der Waals surface area contributed by atoms with Crippen LogP contribution >= 0.6 is 11.6 Å². The lowest BCUT2D eigenvalue weighted by Gasteiger charge is -2.15. The van der Waals surface area contributed by atoms with Gasteiger partial charge in [-0.15, -0.1) is 0 Å². The molecule has 0 aliphatic carbocycles. The van der Waals surface area contributed by atoms with Crippen LogP contribution in [0, 0.1) is 0 Å². The second-order valence-electron chi connectivity index (χ2n) is 2.76. The molecule has 0 saturated carbocycles. The van der Waals surface area contributed by atoms with Gasteiger partial charge in [0, 0.05) is 6.54 Å². The predicted octanol–water partition coefficient (Wildman–Crippen LogP) is -0.0629. The van der Waals surface area contributed by atoms with E-state index < -0.39 is 21.6 Å². The molecule has 0 radical (unpaired) electrons. The number of hydrogen-bond acceptors (Lipinski definition) is 4. The monoisotopic (exact) mass is 255 g/mol. The number of carbonyl (C=O) groups excluding carboxylic acids is 2. The van der Waals surface area contributed by atoms with E-state index in [1.165, 1.54) is 0 Å². The summed E-state index contributed by atoms with van der Waals surface area (Å²) in [5, 5.41) is -0.978. The molecule has 15 heavy (non-hydrogen) atoms. The molecule has 86 valence electrons. The summed E-state index contributed by atoms with van der Waals surface area (Å²) in [5.74, 6) is 0. The van der Waals surface area contributed by atoms with Crippen LogP contribution in [0.2, 0.25) is 0 Å². The van der Waals surface area contributed by atoms with Gasteiger partial charge in [-0.3, -0.25) is 4.79 Å². The van der Waals surface area contributed by atoms with Crippen molar-refractivity contribution in [2.24, 2.45) is 0 Å². The third kappa shape index (κ3) is 2.39. The molecule has 0 aromatic heterocycles. The number of imide groups is 1. The Hall–Kier alpha value is -0.860. The minimum atomic E-state index is -3.84. The van der Waals surface area contributed by atoms with Gasteiger partial charge in [-0.05, 0) is 11.6 Å². The highest BCUT2D eigenvalue weighted by Gasteiger charge is 2.39. The summed E-state index contributed by atoms with van der Waals surface area (Å²) in [6.45, 7) is 1.65. The van der Waals surface area contributed by atoms with Crippen molar-refractivity contribution in [3.63, 3.8) is 0 Å². The van der Waals surface area contributed by atoms with Crippen LogP contribution in [0.1, 0.15) is 6.92 Å². The first-order chi connectivity index (χ1) is 6.90. The van der Waals surface area contributed by atoms with Gasteiger partial charge in [0.1, 0.15) is 0 Å². The average Bonchev–Trinajstić information content (AvgIpc) is 2.47. The van der Waals surface area contributed by atoms with E-state index in [0.717, 1.165) is 0 Å². The number of urea groups is 1. The molecular weight excluding hydrogens is 246 g/mol. The zero-order valence-electron chi connectivity index (χ0n) is 7.93. The summed E-state index contributed by atoms with van der Waals surface area (Å²) in [7, 11) is -3.84. The van der Waals surface area contributed by atoms with E-state index in [2.05, 4.69) is 4.72 Å². The number of nitrogens with zero attached hydrogens (tertiary/aromatic N) is 2. The normalized spacial score (nSPS) is 17.3. The maximum atomic E-state index is 11.4. The molecule has 0 spiro atoms. The first kappa shape index (κ1) is 12.2. The Kier molecular flexibility index (Phi) is 3.53. The number of hydrogen-bond donors (Lipinski definition) is 1. The van der Waals surface area contributed by atoms with Crippen LogP contribution in [0.3, 0.4) is 0 Å². The zero-order valence-corrected chi connectivity index (χ0v) is 9.51. The summed E-state index contributed by atoms with van der Waals surface area (Å²) < 4.78 is 25.6. The van der Waals surface area contributed by atoms with Crippen molar-refractivity contribution >= 4 is 33.2 Å². The third-order valence-electron chi connectivity index (χ3n) is 1.80. The Labute approximate surface area is 92.2 Å². The molecule has 0 atom stereocenters. The first-order valence-corrected chi connectivity index (χ1v) is 6.00. The van der Waals surface area contributed by atoms with Gasteiger partial charge in [-0.25, -0.2) is 14.0 Å². The summed E-state index contributed by atoms with van der Waals surface area (Å²) in [4.78, 5) is 22.8. The highest BCUT2D eigenvalue weighted by atomic mass is 35.5. The number of halogens is 1. The van der Waals surface area contributed by atoms with E-state index in [1.54, 1.807) is 6.92 Å². The molecule has 1 fully saturated rings. The molecular formula is C6H10ClN3O4S. The van der Waals surface area contributed by atoms with Gasteiger partial charge in [0.15, 0.2) is 0 Å². The third-order valence-corrected chi connectivity index (χ3v) is 3.58. The smallest absolute Gasteiger partial charge is 0.255 e. The van der Waals surface area contributed by atoms with Gasteiger partial charge in [0.05, 0.1) is 13.1 Å². The van der Waals surface area contributed by atoms with Crippen molar-refractivity contribution in [3.05, 3.63) is 0 Å². The number of nitrogens with one attached hydrogen (secondary N) is 1. The molecule has 9 heteroatoms. The molecule has 0 bridgehead atoms. The van der Waals surface area contributed by atoms with Crippen molar-refractivity contribution in [2.75, 3.05) is 19.6 Å².